The minimum Gasteiger partial charge on any atom is -0.353 e. The molecule has 0 bridgehead atoms. The molecule has 1 fully saturated rings. The molecule has 0 atom stereocenters. The standard InChI is InChI=1S/C23H27N3O2/c1-15-20(16(2)25-23(28)21(15)14-24)12-13-22(27)26-19-10-8-18(9-11-19)17-6-4-3-5-7-17/h3-7,18-19H,8-13H2,1-2H3,(H,25,28)(H,26,27). The van der Waals surface area contributed by atoms with Crippen molar-refractivity contribution in [2.45, 2.75) is 64.3 Å². The summed E-state index contributed by atoms with van der Waals surface area (Å²) in [5.74, 6) is 0.622. The second kappa shape index (κ2) is 8.88. The number of pyridine rings is 1. The lowest BCUT2D eigenvalue weighted by Crippen LogP contribution is -2.37. The molecule has 1 aromatic carbocycles. The highest BCUT2D eigenvalue weighted by molar-refractivity contribution is 5.76. The average molecular weight is 377 g/mol. The molecule has 5 nitrogen and oxygen atoms in total. The maximum absolute atomic E-state index is 12.4. The number of benzene rings is 1. The molecule has 1 amide bonds. The SMILES string of the molecule is Cc1[nH]c(=O)c(C#N)c(C)c1CCC(=O)NC1CCC(c2ccccc2)CC1. The number of hydrogen-bond donors (Lipinski definition) is 2. The van der Waals surface area contributed by atoms with E-state index in [1.807, 2.05) is 19.1 Å². The molecule has 0 saturated heterocycles. The largest absolute Gasteiger partial charge is 0.353 e. The van der Waals surface area contributed by atoms with Gasteiger partial charge in [-0.1, -0.05) is 30.3 Å². The molecule has 0 unspecified atom stereocenters. The summed E-state index contributed by atoms with van der Waals surface area (Å²) in [5.41, 5.74) is 3.47. The van der Waals surface area contributed by atoms with E-state index in [9.17, 15) is 9.59 Å². The third-order valence-electron chi connectivity index (χ3n) is 5.89. The highest BCUT2D eigenvalue weighted by Gasteiger charge is 2.23. The molecule has 2 aromatic rings. The van der Waals surface area contributed by atoms with Gasteiger partial charge in [-0.05, 0) is 68.6 Å². The van der Waals surface area contributed by atoms with Crippen LogP contribution in [0.5, 0.6) is 0 Å². The zero-order chi connectivity index (χ0) is 20.1. The number of nitrogens with one attached hydrogen (secondary N) is 2. The van der Waals surface area contributed by atoms with E-state index in [1.165, 1.54) is 5.56 Å². The number of nitrogens with zero attached hydrogens (tertiary/aromatic N) is 1. The Morgan fingerprint density at radius 2 is 1.86 bits per heavy atom. The van der Waals surface area contributed by atoms with Crippen molar-refractivity contribution in [1.29, 1.82) is 5.26 Å². The van der Waals surface area contributed by atoms with Crippen LogP contribution in [0.25, 0.3) is 0 Å². The predicted molar refractivity (Wildman–Crippen MR) is 109 cm³/mol. The van der Waals surface area contributed by atoms with Crippen LogP contribution in [0.2, 0.25) is 0 Å². The molecule has 28 heavy (non-hydrogen) atoms. The number of carbonyl (C=O) groups is 1. The molecule has 1 heterocycles. The molecule has 1 aliphatic carbocycles. The lowest BCUT2D eigenvalue weighted by Gasteiger charge is -2.29. The summed E-state index contributed by atoms with van der Waals surface area (Å²) < 4.78 is 0. The first-order chi connectivity index (χ1) is 13.5. The Balaban J connectivity index is 1.52. The van der Waals surface area contributed by atoms with Gasteiger partial charge in [0.2, 0.25) is 5.91 Å². The summed E-state index contributed by atoms with van der Waals surface area (Å²) >= 11 is 0. The number of aryl methyl sites for hydroxylation is 1. The summed E-state index contributed by atoms with van der Waals surface area (Å²) in [4.78, 5) is 27.0. The maximum atomic E-state index is 12.4. The highest BCUT2D eigenvalue weighted by Crippen LogP contribution is 2.32. The van der Waals surface area contributed by atoms with Gasteiger partial charge in [0, 0.05) is 18.2 Å². The number of H-pyrrole nitrogens is 1. The molecule has 0 aliphatic heterocycles. The van der Waals surface area contributed by atoms with E-state index in [0.29, 0.717) is 24.3 Å². The quantitative estimate of drug-likeness (QED) is 0.834. The molecule has 1 aromatic heterocycles. The number of amides is 1. The van der Waals surface area contributed by atoms with Gasteiger partial charge in [-0.15, -0.1) is 0 Å². The van der Waals surface area contributed by atoms with Crippen molar-refractivity contribution in [3.63, 3.8) is 0 Å². The van der Waals surface area contributed by atoms with E-state index in [2.05, 4.69) is 34.6 Å². The summed E-state index contributed by atoms with van der Waals surface area (Å²) in [6, 6.07) is 12.8. The van der Waals surface area contributed by atoms with E-state index in [-0.39, 0.29) is 23.1 Å². The first-order valence-corrected chi connectivity index (χ1v) is 9.96. The van der Waals surface area contributed by atoms with Crippen LogP contribution in [0.15, 0.2) is 35.1 Å². The molecule has 1 saturated carbocycles. The number of hydrogen-bond acceptors (Lipinski definition) is 3. The highest BCUT2D eigenvalue weighted by atomic mass is 16.1. The van der Waals surface area contributed by atoms with Crippen LogP contribution in [-0.2, 0) is 11.2 Å². The Hall–Kier alpha value is -2.87. The molecule has 5 heteroatoms. The van der Waals surface area contributed by atoms with Gasteiger partial charge in [0.1, 0.15) is 11.6 Å². The van der Waals surface area contributed by atoms with Gasteiger partial charge in [-0.2, -0.15) is 5.26 Å². The minimum atomic E-state index is -0.360. The zero-order valence-electron chi connectivity index (χ0n) is 16.5. The van der Waals surface area contributed by atoms with Crippen LogP contribution >= 0.6 is 0 Å². The lowest BCUT2D eigenvalue weighted by molar-refractivity contribution is -0.122. The first-order valence-electron chi connectivity index (χ1n) is 9.96. The predicted octanol–water partition coefficient (Wildman–Crippen LogP) is 3.64. The van der Waals surface area contributed by atoms with Gasteiger partial charge < -0.3 is 10.3 Å². The number of aromatic amines is 1. The lowest BCUT2D eigenvalue weighted by atomic mass is 9.82. The van der Waals surface area contributed by atoms with E-state index < -0.39 is 0 Å². The Morgan fingerprint density at radius 1 is 1.18 bits per heavy atom. The third-order valence-corrected chi connectivity index (χ3v) is 5.89. The molecule has 1 aliphatic rings. The summed E-state index contributed by atoms with van der Waals surface area (Å²) in [5, 5.41) is 12.3. The normalized spacial score (nSPS) is 19.0. The second-order valence-corrected chi connectivity index (χ2v) is 7.70. The van der Waals surface area contributed by atoms with Crippen LogP contribution in [0.1, 0.15) is 66.0 Å². The number of nitriles is 1. The van der Waals surface area contributed by atoms with Crippen molar-refractivity contribution < 1.29 is 4.79 Å². The van der Waals surface area contributed by atoms with Gasteiger partial charge in [0.15, 0.2) is 0 Å². The van der Waals surface area contributed by atoms with E-state index in [0.717, 1.165) is 36.9 Å². The van der Waals surface area contributed by atoms with Crippen molar-refractivity contribution in [2.24, 2.45) is 0 Å². The van der Waals surface area contributed by atoms with Crippen molar-refractivity contribution in [1.82, 2.24) is 10.3 Å². The van der Waals surface area contributed by atoms with E-state index >= 15 is 0 Å². The Bertz CT molecular complexity index is 933. The first kappa shape index (κ1) is 19.9. The third kappa shape index (κ3) is 4.51. The zero-order valence-corrected chi connectivity index (χ0v) is 16.5. The molecule has 0 spiro atoms. The number of carbonyl (C=O) groups excluding carboxylic acids is 1. The van der Waals surface area contributed by atoms with Crippen LogP contribution in [0.4, 0.5) is 0 Å². The van der Waals surface area contributed by atoms with Gasteiger partial charge >= 0.3 is 0 Å². The number of rotatable bonds is 5. The molecule has 0 radical (unpaired) electrons. The molecule has 146 valence electrons. The molecule has 2 N–H and O–H groups in total. The topological polar surface area (TPSA) is 85.8 Å². The smallest absolute Gasteiger partial charge is 0.266 e. The molecular weight excluding hydrogens is 350 g/mol. The van der Waals surface area contributed by atoms with Gasteiger partial charge in [-0.3, -0.25) is 9.59 Å². The monoisotopic (exact) mass is 377 g/mol. The molecular formula is C23H27N3O2. The second-order valence-electron chi connectivity index (χ2n) is 7.70. The maximum Gasteiger partial charge on any atom is 0.266 e. The molecule has 3 rings (SSSR count). The Morgan fingerprint density at radius 3 is 2.50 bits per heavy atom. The van der Waals surface area contributed by atoms with E-state index in [4.69, 9.17) is 5.26 Å². The Labute approximate surface area is 165 Å². The van der Waals surface area contributed by atoms with Crippen molar-refractivity contribution in [3.8, 4) is 6.07 Å². The van der Waals surface area contributed by atoms with Crippen LogP contribution in [0, 0.1) is 25.2 Å². The fraction of sp³-hybridized carbons (Fsp3) is 0.435. The van der Waals surface area contributed by atoms with Crippen molar-refractivity contribution in [2.75, 3.05) is 0 Å². The van der Waals surface area contributed by atoms with Gasteiger partial charge in [0.25, 0.3) is 5.56 Å². The number of aromatic nitrogens is 1. The fourth-order valence-corrected chi connectivity index (χ4v) is 4.25. The minimum absolute atomic E-state index is 0.0340. The van der Waals surface area contributed by atoms with Crippen molar-refractivity contribution in [3.05, 3.63) is 68.6 Å². The van der Waals surface area contributed by atoms with Crippen LogP contribution in [0.3, 0.4) is 0 Å². The summed E-state index contributed by atoms with van der Waals surface area (Å²) in [7, 11) is 0. The summed E-state index contributed by atoms with van der Waals surface area (Å²) in [6.07, 6.45) is 5.07. The van der Waals surface area contributed by atoms with Gasteiger partial charge in [-0.25, -0.2) is 0 Å². The van der Waals surface area contributed by atoms with Crippen LogP contribution in [-0.4, -0.2) is 16.9 Å². The van der Waals surface area contributed by atoms with E-state index in [1.54, 1.807) is 6.92 Å². The average Bonchev–Trinajstić information content (AvgIpc) is 2.69. The summed E-state index contributed by atoms with van der Waals surface area (Å²) in [6.45, 7) is 3.59. The van der Waals surface area contributed by atoms with Crippen LogP contribution < -0.4 is 10.9 Å². The van der Waals surface area contributed by atoms with Gasteiger partial charge in [0.05, 0.1) is 0 Å². The fourth-order valence-electron chi connectivity index (χ4n) is 4.25. The Kier molecular flexibility index (Phi) is 6.30. The van der Waals surface area contributed by atoms with Crippen molar-refractivity contribution >= 4 is 5.91 Å².